The van der Waals surface area contributed by atoms with Crippen LogP contribution in [0.1, 0.15) is 19.8 Å². The minimum absolute atomic E-state index is 0.153. The van der Waals surface area contributed by atoms with Gasteiger partial charge in [-0.05, 0) is 20.0 Å². The molecule has 2 nitrogen and oxygen atoms in total. The number of nitrogens with one attached hydrogen (secondary N) is 1. The molecule has 0 bridgehead atoms. The van der Waals surface area contributed by atoms with Gasteiger partial charge >= 0.3 is 0 Å². The third kappa shape index (κ3) is 1.95. The van der Waals surface area contributed by atoms with Crippen molar-refractivity contribution in [2.24, 2.45) is 0 Å². The van der Waals surface area contributed by atoms with E-state index in [9.17, 15) is 0 Å². The highest BCUT2D eigenvalue weighted by Gasteiger charge is 2.29. The molecular formula is C9H15NO. The van der Waals surface area contributed by atoms with Crippen LogP contribution in [-0.4, -0.2) is 25.8 Å². The lowest BCUT2D eigenvalue weighted by Crippen LogP contribution is -2.42. The summed E-state index contributed by atoms with van der Waals surface area (Å²) < 4.78 is 5.41. The Morgan fingerprint density at radius 2 is 2.00 bits per heavy atom. The maximum atomic E-state index is 5.41. The highest BCUT2D eigenvalue weighted by Crippen LogP contribution is 2.20. The highest BCUT2D eigenvalue weighted by atomic mass is 16.5. The zero-order valence-electron chi connectivity index (χ0n) is 7.24. The fraction of sp³-hybridized carbons (Fsp3) is 0.778. The van der Waals surface area contributed by atoms with Gasteiger partial charge in [0.25, 0.3) is 0 Å². The van der Waals surface area contributed by atoms with Crippen LogP contribution in [0.4, 0.5) is 0 Å². The molecule has 62 valence electrons. The minimum atomic E-state index is -0.153. The summed E-state index contributed by atoms with van der Waals surface area (Å²) >= 11 is 0. The van der Waals surface area contributed by atoms with Crippen molar-refractivity contribution in [2.75, 3.05) is 20.2 Å². The lowest BCUT2D eigenvalue weighted by molar-refractivity contribution is 0.0159. The predicted molar refractivity (Wildman–Crippen MR) is 45.3 cm³/mol. The molecule has 0 aromatic carbocycles. The zero-order chi connectivity index (χ0) is 8.16. The molecule has 11 heavy (non-hydrogen) atoms. The zero-order valence-corrected chi connectivity index (χ0v) is 7.24. The van der Waals surface area contributed by atoms with Crippen molar-refractivity contribution >= 4 is 0 Å². The van der Waals surface area contributed by atoms with Crippen LogP contribution in [0.25, 0.3) is 0 Å². The van der Waals surface area contributed by atoms with E-state index in [-0.39, 0.29) is 5.60 Å². The predicted octanol–water partition coefficient (Wildman–Crippen LogP) is 0.778. The molecule has 0 atom stereocenters. The Morgan fingerprint density at radius 1 is 1.36 bits per heavy atom. The van der Waals surface area contributed by atoms with Gasteiger partial charge in [-0.3, -0.25) is 0 Å². The normalized spacial score (nSPS) is 22.0. The van der Waals surface area contributed by atoms with Crippen molar-refractivity contribution in [3.05, 3.63) is 0 Å². The molecule has 1 aliphatic heterocycles. The molecule has 0 aromatic rings. The second kappa shape index (κ2) is 3.75. The van der Waals surface area contributed by atoms with E-state index >= 15 is 0 Å². The smallest absolute Gasteiger partial charge is 0.130 e. The van der Waals surface area contributed by atoms with Gasteiger partial charge in [0.15, 0.2) is 0 Å². The number of methoxy groups -OCH3 is 1. The summed E-state index contributed by atoms with van der Waals surface area (Å²) in [6.45, 7) is 3.90. The topological polar surface area (TPSA) is 21.3 Å². The van der Waals surface area contributed by atoms with Gasteiger partial charge < -0.3 is 10.1 Å². The van der Waals surface area contributed by atoms with Crippen LogP contribution in [0.3, 0.4) is 0 Å². The van der Waals surface area contributed by atoms with Crippen LogP contribution >= 0.6 is 0 Å². The summed E-state index contributed by atoms with van der Waals surface area (Å²) in [4.78, 5) is 0. The molecule has 1 rings (SSSR count). The third-order valence-electron chi connectivity index (χ3n) is 2.15. The molecule has 0 unspecified atom stereocenters. The van der Waals surface area contributed by atoms with Crippen LogP contribution in [0.2, 0.25) is 0 Å². The van der Waals surface area contributed by atoms with Crippen molar-refractivity contribution in [3.8, 4) is 11.8 Å². The summed E-state index contributed by atoms with van der Waals surface area (Å²) in [6.07, 6.45) is 2.01. The highest BCUT2D eigenvalue weighted by molar-refractivity contribution is 5.14. The van der Waals surface area contributed by atoms with E-state index in [2.05, 4.69) is 17.2 Å². The molecule has 0 aromatic heterocycles. The lowest BCUT2D eigenvalue weighted by atomic mass is 9.93. The first-order valence-electron chi connectivity index (χ1n) is 4.03. The Morgan fingerprint density at radius 3 is 2.45 bits per heavy atom. The van der Waals surface area contributed by atoms with Crippen molar-refractivity contribution in [3.63, 3.8) is 0 Å². The summed E-state index contributed by atoms with van der Waals surface area (Å²) in [5, 5.41) is 3.28. The van der Waals surface area contributed by atoms with E-state index < -0.39 is 0 Å². The van der Waals surface area contributed by atoms with Crippen LogP contribution < -0.4 is 5.32 Å². The quantitative estimate of drug-likeness (QED) is 0.562. The molecule has 0 amide bonds. The summed E-state index contributed by atoms with van der Waals surface area (Å²) in [5.74, 6) is 6.06. The van der Waals surface area contributed by atoms with Gasteiger partial charge in [0.1, 0.15) is 5.60 Å². The van der Waals surface area contributed by atoms with E-state index in [1.807, 2.05) is 6.92 Å². The Labute approximate surface area is 68.3 Å². The van der Waals surface area contributed by atoms with Crippen molar-refractivity contribution in [1.29, 1.82) is 0 Å². The van der Waals surface area contributed by atoms with Crippen molar-refractivity contribution < 1.29 is 4.74 Å². The standard InChI is InChI=1S/C9H15NO/c1-3-4-9(11-2)5-7-10-8-6-9/h10H,5-8H2,1-2H3. The molecule has 1 N–H and O–H groups in total. The van der Waals surface area contributed by atoms with Gasteiger partial charge in [-0.15, -0.1) is 5.92 Å². The van der Waals surface area contributed by atoms with Gasteiger partial charge in [0, 0.05) is 20.0 Å². The lowest BCUT2D eigenvalue weighted by Gasteiger charge is -2.31. The molecular weight excluding hydrogens is 138 g/mol. The largest absolute Gasteiger partial charge is 0.366 e. The first-order valence-corrected chi connectivity index (χ1v) is 4.03. The molecule has 1 heterocycles. The van der Waals surface area contributed by atoms with E-state index in [4.69, 9.17) is 4.74 Å². The second-order valence-corrected chi connectivity index (χ2v) is 2.82. The van der Waals surface area contributed by atoms with E-state index in [1.165, 1.54) is 0 Å². The number of ether oxygens (including phenoxy) is 1. The van der Waals surface area contributed by atoms with Gasteiger partial charge in [-0.1, -0.05) is 5.92 Å². The molecule has 0 saturated carbocycles. The average Bonchev–Trinajstić information content (AvgIpc) is 2.07. The Balaban J connectivity index is 2.62. The number of piperidine rings is 1. The Bertz CT molecular complexity index is 172. The van der Waals surface area contributed by atoms with Crippen LogP contribution in [0.5, 0.6) is 0 Å². The summed E-state index contributed by atoms with van der Waals surface area (Å²) in [7, 11) is 1.75. The SMILES string of the molecule is CC#CC1(OC)CCNCC1. The van der Waals surface area contributed by atoms with Gasteiger partial charge in [0.05, 0.1) is 0 Å². The number of hydrogen-bond acceptors (Lipinski definition) is 2. The molecule has 0 spiro atoms. The van der Waals surface area contributed by atoms with E-state index in [0.717, 1.165) is 25.9 Å². The maximum absolute atomic E-state index is 5.41. The van der Waals surface area contributed by atoms with Crippen LogP contribution in [0, 0.1) is 11.8 Å². The molecule has 0 aliphatic carbocycles. The van der Waals surface area contributed by atoms with Crippen molar-refractivity contribution in [2.45, 2.75) is 25.4 Å². The Kier molecular flexibility index (Phi) is 2.92. The van der Waals surface area contributed by atoms with Crippen molar-refractivity contribution in [1.82, 2.24) is 5.32 Å². The fourth-order valence-electron chi connectivity index (χ4n) is 1.44. The van der Waals surface area contributed by atoms with Crippen LogP contribution in [0.15, 0.2) is 0 Å². The van der Waals surface area contributed by atoms with Crippen LogP contribution in [-0.2, 0) is 4.74 Å². The second-order valence-electron chi connectivity index (χ2n) is 2.82. The molecule has 0 radical (unpaired) electrons. The summed E-state index contributed by atoms with van der Waals surface area (Å²) in [5.41, 5.74) is -0.153. The van der Waals surface area contributed by atoms with Gasteiger partial charge in [-0.25, -0.2) is 0 Å². The minimum Gasteiger partial charge on any atom is -0.366 e. The first-order chi connectivity index (χ1) is 5.33. The number of hydrogen-bond donors (Lipinski definition) is 1. The monoisotopic (exact) mass is 153 g/mol. The summed E-state index contributed by atoms with van der Waals surface area (Å²) in [6, 6.07) is 0. The van der Waals surface area contributed by atoms with Gasteiger partial charge in [0.2, 0.25) is 0 Å². The molecule has 1 aliphatic rings. The molecule has 1 saturated heterocycles. The number of rotatable bonds is 1. The first kappa shape index (κ1) is 8.58. The Hall–Kier alpha value is -0.520. The van der Waals surface area contributed by atoms with E-state index in [1.54, 1.807) is 7.11 Å². The average molecular weight is 153 g/mol. The van der Waals surface area contributed by atoms with Gasteiger partial charge in [-0.2, -0.15) is 0 Å². The molecule has 2 heteroatoms. The maximum Gasteiger partial charge on any atom is 0.130 e. The third-order valence-corrected chi connectivity index (χ3v) is 2.15. The van der Waals surface area contributed by atoms with E-state index in [0.29, 0.717) is 0 Å². The fourth-order valence-corrected chi connectivity index (χ4v) is 1.44. The molecule has 1 fully saturated rings.